The first-order chi connectivity index (χ1) is 1.00. The molecule has 26 valence electrons. The second kappa shape index (κ2) is 30.3. The van der Waals surface area contributed by atoms with Crippen molar-refractivity contribution >= 4 is 66.0 Å². The smallest absolute Gasteiger partial charge is 0 e. The molecule has 0 saturated carbocycles. The second-order valence-corrected chi connectivity index (χ2v) is 0. The van der Waals surface area contributed by atoms with Crippen LogP contribution in [-0.2, 0) is 22.6 Å². The third kappa shape index (κ3) is 20.5. The minimum Gasteiger partial charge on any atom is 0 e. The summed E-state index contributed by atoms with van der Waals surface area (Å²) < 4.78 is 8.34. The Morgan fingerprint density at radius 2 is 1.20 bits per heavy atom. The van der Waals surface area contributed by atoms with Crippen molar-refractivity contribution in [2.75, 3.05) is 0 Å². The fourth-order valence-electron chi connectivity index (χ4n) is 0. The summed E-state index contributed by atoms with van der Waals surface area (Å²) in [4.78, 5) is 0. The van der Waals surface area contributed by atoms with Crippen molar-refractivity contribution in [1.82, 2.24) is 0 Å². The molecule has 0 aromatic carbocycles. The van der Waals surface area contributed by atoms with Crippen LogP contribution in [0.5, 0.6) is 0 Å². The quantitative estimate of drug-likeness (QED) is 0.397. The summed E-state index contributed by atoms with van der Waals surface area (Å²) in [5.41, 5.74) is 0. The molecule has 2 radical (unpaired) electrons. The third-order valence-corrected chi connectivity index (χ3v) is 0. The van der Waals surface area contributed by atoms with Gasteiger partial charge in [-0.25, -0.2) is 0 Å². The van der Waals surface area contributed by atoms with Crippen molar-refractivity contribution in [2.45, 2.75) is 0 Å². The monoisotopic (exact) mass is 396 g/mol. The van der Waals surface area contributed by atoms with Gasteiger partial charge in [0, 0.05) is 19.5 Å². The van der Waals surface area contributed by atoms with Gasteiger partial charge in [-0.2, -0.15) is 0 Å². The van der Waals surface area contributed by atoms with Crippen molar-refractivity contribution in [3.8, 4) is 0 Å². The predicted molar refractivity (Wildman–Crippen MR) is 27.7 cm³/mol. The largest absolute Gasteiger partial charge is 0 e. The van der Waals surface area contributed by atoms with Crippen LogP contribution in [0.3, 0.4) is 0 Å². The Bertz CT molecular complexity index is 11.6. The molecule has 0 heterocycles. The molecule has 0 aliphatic heterocycles. The molecule has 0 amide bonds. The van der Waals surface area contributed by atoms with E-state index in [1.54, 1.807) is 0 Å². The van der Waals surface area contributed by atoms with Gasteiger partial charge in [-0.15, -0.1) is 0 Å². The normalized spacial score (nSPS) is 0.800. The summed E-state index contributed by atoms with van der Waals surface area (Å²) in [6, 6.07) is 0. The molecule has 0 spiro atoms. The van der Waals surface area contributed by atoms with Crippen LogP contribution in [-0.4, -0.2) is 66.0 Å². The molecule has 0 aliphatic carbocycles. The Morgan fingerprint density at radius 1 is 1.20 bits per heavy atom. The van der Waals surface area contributed by atoms with Crippen LogP contribution >= 0.6 is 0 Å². The van der Waals surface area contributed by atoms with Crippen molar-refractivity contribution in [3.05, 3.63) is 0 Å². The third-order valence-electron chi connectivity index (χ3n) is 0. The summed E-state index contributed by atoms with van der Waals surface area (Å²) in [5, 5.41) is 0. The zero-order valence-electron chi connectivity index (χ0n) is 1.62. The Morgan fingerprint density at radius 3 is 1.20 bits per heavy atom. The van der Waals surface area contributed by atoms with Gasteiger partial charge in [0.1, 0.15) is 0 Å². The summed E-state index contributed by atoms with van der Waals surface area (Å²) in [6.45, 7) is 0. The zero-order chi connectivity index (χ0) is 2.00. The van der Waals surface area contributed by atoms with E-state index in [4.69, 9.17) is 3.08 Å². The van der Waals surface area contributed by atoms with E-state index in [0.717, 1.165) is 0 Å². The fraction of sp³-hybridized carbons (Fsp3) is 0. The summed E-state index contributed by atoms with van der Waals surface area (Å²) in [6.07, 6.45) is 0. The second-order valence-electron chi connectivity index (χ2n) is 0. The molecule has 0 bridgehead atoms. The summed E-state index contributed by atoms with van der Waals surface area (Å²) in [5.74, 6) is 0. The number of hydrogen-bond donors (Lipinski definition) is 0. The maximum Gasteiger partial charge on any atom is 0 e. The van der Waals surface area contributed by atoms with E-state index in [1.807, 2.05) is 0 Å². The van der Waals surface area contributed by atoms with Gasteiger partial charge >= 0.3 is 69.0 Å². The molecule has 5 heavy (non-hydrogen) atoms. The molecule has 0 N–H and O–H groups in total. The molecular weight excluding hydrogens is 388 g/mol. The average Bonchev–Trinajstić information content (AvgIpc) is 1.00. The van der Waals surface area contributed by atoms with Crippen molar-refractivity contribution in [2.24, 2.45) is 0 Å². The molecule has 0 aromatic rings. The molecule has 5 heteroatoms. The minimum absolute atomic E-state index is 0. The molecule has 0 unspecified atom stereocenters. The first kappa shape index (κ1) is 25.4. The van der Waals surface area contributed by atoms with Crippen LogP contribution in [0.4, 0.5) is 0 Å². The van der Waals surface area contributed by atoms with Gasteiger partial charge in [-0.1, -0.05) is 0 Å². The average molecular weight is 395 g/mol. The maximum atomic E-state index is 8.34. The van der Waals surface area contributed by atoms with Gasteiger partial charge in [0.15, 0.2) is 0 Å². The van der Waals surface area contributed by atoms with E-state index in [-0.39, 0.29) is 62.9 Å². The standard InChI is InChI=1S/GeH4.In.O.Sn.Zn.3H/h1H4;;;;;;;. The SMILES string of the molecule is [GeH4].[InH3].[O]=[Sn].[Zn]. The Kier molecular flexibility index (Phi) is 154. The van der Waals surface area contributed by atoms with Crippen LogP contribution in [0.2, 0.25) is 0 Å². The van der Waals surface area contributed by atoms with Gasteiger partial charge in [0.05, 0.1) is 0 Å². The zero-order valence-corrected chi connectivity index (χ0v) is 7.44. The molecule has 0 fully saturated rings. The van der Waals surface area contributed by atoms with Gasteiger partial charge in [0.2, 0.25) is 0 Å². The van der Waals surface area contributed by atoms with E-state index in [1.165, 1.54) is 0 Å². The van der Waals surface area contributed by atoms with Crippen LogP contribution in [0, 0.1) is 0 Å². The van der Waals surface area contributed by atoms with Crippen molar-refractivity contribution < 1.29 is 22.6 Å². The molecule has 0 rings (SSSR count). The predicted octanol–water partition coefficient (Wildman–Crippen LogP) is -3.14. The van der Waals surface area contributed by atoms with Crippen LogP contribution in [0.1, 0.15) is 0 Å². The number of rotatable bonds is 0. The van der Waals surface area contributed by atoms with Gasteiger partial charge in [-0.05, 0) is 0 Å². The Balaban J connectivity index is -0.00000000167. The fourth-order valence-corrected chi connectivity index (χ4v) is 0. The molecule has 0 aliphatic rings. The van der Waals surface area contributed by atoms with Gasteiger partial charge in [0.25, 0.3) is 0 Å². The van der Waals surface area contributed by atoms with Gasteiger partial charge < -0.3 is 0 Å². The molecule has 0 atom stereocenters. The van der Waals surface area contributed by atoms with Gasteiger partial charge in [-0.3, -0.25) is 0 Å². The molecule has 0 aromatic heterocycles. The Hall–Kier alpha value is 2.64. The Labute approximate surface area is 87.0 Å². The number of hydrogen-bond acceptors (Lipinski definition) is 1. The van der Waals surface area contributed by atoms with Crippen LogP contribution in [0.15, 0.2) is 0 Å². The minimum atomic E-state index is 0. The topological polar surface area (TPSA) is 17.1 Å². The molecule has 1 nitrogen and oxygen atoms in total. The first-order valence-electron chi connectivity index (χ1n) is 0.204. The van der Waals surface area contributed by atoms with Crippen molar-refractivity contribution in [1.29, 1.82) is 0 Å². The maximum absolute atomic E-state index is 8.34. The summed E-state index contributed by atoms with van der Waals surface area (Å²) >= 11 is 0.300. The first-order valence-corrected chi connectivity index (χ1v) is 1.37. The van der Waals surface area contributed by atoms with E-state index in [0.29, 0.717) is 22.5 Å². The van der Waals surface area contributed by atoms with Crippen molar-refractivity contribution in [3.63, 3.8) is 0 Å². The van der Waals surface area contributed by atoms with Crippen LogP contribution in [0.25, 0.3) is 0 Å². The van der Waals surface area contributed by atoms with E-state index >= 15 is 0 Å². The molecule has 0 saturated heterocycles. The van der Waals surface area contributed by atoms with E-state index in [2.05, 4.69) is 0 Å². The van der Waals surface area contributed by atoms with E-state index in [9.17, 15) is 0 Å². The van der Waals surface area contributed by atoms with E-state index < -0.39 is 0 Å². The summed E-state index contributed by atoms with van der Waals surface area (Å²) in [7, 11) is 0. The van der Waals surface area contributed by atoms with Crippen LogP contribution < -0.4 is 0 Å². The molecular formula is H7GeInOSnZn.